The minimum atomic E-state index is 0.560. The molecule has 3 heterocycles. The number of nitrogens with one attached hydrogen (secondary N) is 1. The summed E-state index contributed by atoms with van der Waals surface area (Å²) in [7, 11) is 0. The Morgan fingerprint density at radius 2 is 1.86 bits per heavy atom. The molecule has 1 N–H and O–H groups in total. The monoisotopic (exact) mass is 327 g/mol. The maximum absolute atomic E-state index is 6.09. The highest BCUT2D eigenvalue weighted by atomic mass is 35.5. The molecule has 0 atom stereocenters. The number of hydrogen-bond donors (Lipinski definition) is 1. The van der Waals surface area contributed by atoms with Gasteiger partial charge in [-0.05, 0) is 17.1 Å². The molecule has 1 aliphatic heterocycles. The van der Waals surface area contributed by atoms with E-state index in [4.69, 9.17) is 27.7 Å². The van der Waals surface area contributed by atoms with Crippen LogP contribution in [0.2, 0.25) is 10.0 Å². The van der Waals surface area contributed by atoms with Crippen molar-refractivity contribution >= 4 is 29.2 Å². The summed E-state index contributed by atoms with van der Waals surface area (Å²) in [6, 6.07) is 0. The van der Waals surface area contributed by atoms with Gasteiger partial charge in [0, 0.05) is 45.0 Å². The molecule has 8 heteroatoms. The molecule has 1 saturated heterocycles. The van der Waals surface area contributed by atoms with Crippen molar-refractivity contribution < 1.29 is 4.52 Å². The fraction of sp³-hybridized carbons (Fsp3) is 0.462. The van der Waals surface area contributed by atoms with Crippen LogP contribution in [0.1, 0.15) is 11.5 Å². The summed E-state index contributed by atoms with van der Waals surface area (Å²) in [6.07, 6.45) is 4.41. The second kappa shape index (κ2) is 6.60. The van der Waals surface area contributed by atoms with Gasteiger partial charge in [0.05, 0.1) is 10.0 Å². The Morgan fingerprint density at radius 3 is 2.57 bits per heavy atom. The summed E-state index contributed by atoms with van der Waals surface area (Å²) in [5, 5.41) is 8.44. The lowest BCUT2D eigenvalue weighted by atomic mass is 10.1. The van der Waals surface area contributed by atoms with Crippen molar-refractivity contribution in [2.45, 2.75) is 12.8 Å². The minimum absolute atomic E-state index is 0.560. The van der Waals surface area contributed by atoms with Gasteiger partial charge in [-0.15, -0.1) is 0 Å². The van der Waals surface area contributed by atoms with Gasteiger partial charge in [0.1, 0.15) is 0 Å². The Hall–Kier alpha value is -1.37. The van der Waals surface area contributed by atoms with Gasteiger partial charge in [0.15, 0.2) is 0 Å². The Labute approximate surface area is 132 Å². The van der Waals surface area contributed by atoms with Gasteiger partial charge in [-0.25, -0.2) is 0 Å². The predicted molar refractivity (Wildman–Crippen MR) is 81.0 cm³/mol. The van der Waals surface area contributed by atoms with E-state index in [1.807, 2.05) is 0 Å². The van der Waals surface area contributed by atoms with Crippen LogP contribution in [-0.4, -0.2) is 41.3 Å². The van der Waals surface area contributed by atoms with Crippen molar-refractivity contribution in [1.82, 2.24) is 20.4 Å². The molecule has 0 saturated carbocycles. The first-order valence-electron chi connectivity index (χ1n) is 6.80. The molecule has 112 valence electrons. The normalized spacial score (nSPS) is 15.4. The van der Waals surface area contributed by atoms with Gasteiger partial charge >= 0.3 is 0 Å². The highest BCUT2D eigenvalue weighted by molar-refractivity contribution is 6.35. The number of anilines is 1. The summed E-state index contributed by atoms with van der Waals surface area (Å²) in [6.45, 7) is 3.65. The third-order valence-corrected chi connectivity index (χ3v) is 4.05. The van der Waals surface area contributed by atoms with E-state index in [2.05, 4.69) is 25.3 Å². The quantitative estimate of drug-likeness (QED) is 0.926. The molecule has 1 aliphatic rings. The lowest BCUT2D eigenvalue weighted by Gasteiger charge is -2.25. The van der Waals surface area contributed by atoms with Crippen molar-refractivity contribution in [2.24, 2.45) is 0 Å². The fourth-order valence-corrected chi connectivity index (χ4v) is 2.80. The van der Waals surface area contributed by atoms with Crippen molar-refractivity contribution in [3.05, 3.63) is 33.9 Å². The molecular formula is C13H15Cl2N5O. The predicted octanol–water partition coefficient (Wildman–Crippen LogP) is 1.97. The molecule has 3 rings (SSSR count). The molecule has 0 spiro atoms. The van der Waals surface area contributed by atoms with E-state index in [9.17, 15) is 0 Å². The van der Waals surface area contributed by atoms with Gasteiger partial charge < -0.3 is 14.7 Å². The Bertz CT molecular complexity index is 592. The summed E-state index contributed by atoms with van der Waals surface area (Å²) in [5.74, 6) is 1.24. The van der Waals surface area contributed by atoms with Crippen LogP contribution in [0.4, 0.5) is 5.95 Å². The first-order chi connectivity index (χ1) is 10.2. The number of pyridine rings is 1. The largest absolute Gasteiger partial charge is 0.337 e. The number of halogens is 2. The van der Waals surface area contributed by atoms with Crippen molar-refractivity contribution in [3.8, 4) is 0 Å². The molecule has 0 radical (unpaired) electrons. The van der Waals surface area contributed by atoms with Crippen molar-refractivity contribution in [2.75, 3.05) is 31.1 Å². The highest BCUT2D eigenvalue weighted by Crippen LogP contribution is 2.24. The zero-order valence-corrected chi connectivity index (χ0v) is 12.9. The van der Waals surface area contributed by atoms with E-state index >= 15 is 0 Å². The number of aryl methyl sites for hydroxylation is 1. The summed E-state index contributed by atoms with van der Waals surface area (Å²) < 4.78 is 5.29. The number of rotatable bonds is 4. The summed E-state index contributed by atoms with van der Waals surface area (Å²) in [4.78, 5) is 10.5. The van der Waals surface area contributed by atoms with Crippen LogP contribution in [0.5, 0.6) is 0 Å². The van der Waals surface area contributed by atoms with E-state index in [1.165, 1.54) is 0 Å². The molecule has 0 aromatic carbocycles. The summed E-state index contributed by atoms with van der Waals surface area (Å²) >= 11 is 12.2. The molecule has 0 amide bonds. The summed E-state index contributed by atoms with van der Waals surface area (Å²) in [5.41, 5.74) is 0.857. The van der Waals surface area contributed by atoms with E-state index in [-0.39, 0.29) is 0 Å². The van der Waals surface area contributed by atoms with Crippen LogP contribution in [0.25, 0.3) is 0 Å². The highest BCUT2D eigenvalue weighted by Gasteiger charge is 2.17. The zero-order valence-electron chi connectivity index (χ0n) is 11.4. The van der Waals surface area contributed by atoms with Crippen LogP contribution in [0.15, 0.2) is 16.9 Å². The lowest BCUT2D eigenvalue weighted by molar-refractivity contribution is 0.376. The number of hydrogen-bond acceptors (Lipinski definition) is 6. The van der Waals surface area contributed by atoms with Crippen LogP contribution in [-0.2, 0) is 12.8 Å². The van der Waals surface area contributed by atoms with Crippen LogP contribution in [0.3, 0.4) is 0 Å². The van der Waals surface area contributed by atoms with Gasteiger partial charge in [-0.1, -0.05) is 23.2 Å². The first kappa shape index (κ1) is 14.6. The first-order valence-corrected chi connectivity index (χ1v) is 7.56. The third kappa shape index (κ3) is 3.45. The Morgan fingerprint density at radius 1 is 1.14 bits per heavy atom. The fourth-order valence-electron chi connectivity index (χ4n) is 2.25. The van der Waals surface area contributed by atoms with Gasteiger partial charge in [-0.2, -0.15) is 4.98 Å². The van der Waals surface area contributed by atoms with E-state index in [1.54, 1.807) is 12.4 Å². The molecule has 21 heavy (non-hydrogen) atoms. The second-order valence-corrected chi connectivity index (χ2v) is 5.62. The molecule has 0 bridgehead atoms. The van der Waals surface area contributed by atoms with Crippen molar-refractivity contribution in [1.29, 1.82) is 0 Å². The van der Waals surface area contributed by atoms with Gasteiger partial charge in [-0.3, -0.25) is 4.98 Å². The third-order valence-electron chi connectivity index (χ3n) is 3.40. The smallest absolute Gasteiger partial charge is 0.266 e. The average Bonchev–Trinajstić information content (AvgIpc) is 2.97. The average molecular weight is 328 g/mol. The Kier molecular flexibility index (Phi) is 4.57. The molecule has 1 fully saturated rings. The minimum Gasteiger partial charge on any atom is -0.337 e. The van der Waals surface area contributed by atoms with Crippen LogP contribution >= 0.6 is 23.2 Å². The van der Waals surface area contributed by atoms with Crippen LogP contribution in [0, 0.1) is 0 Å². The molecular weight excluding hydrogens is 313 g/mol. The number of piperazine rings is 1. The zero-order chi connectivity index (χ0) is 14.7. The topological polar surface area (TPSA) is 67.1 Å². The standard InChI is InChI=1S/C13H15Cl2N5O/c14-10-7-17-8-11(15)9(10)1-2-12-18-13(19-21-12)20-5-3-16-4-6-20/h7-8,16H,1-6H2. The van der Waals surface area contributed by atoms with E-state index in [0.29, 0.717) is 34.7 Å². The number of aromatic nitrogens is 3. The lowest BCUT2D eigenvalue weighted by Crippen LogP contribution is -2.44. The van der Waals surface area contributed by atoms with Crippen molar-refractivity contribution in [3.63, 3.8) is 0 Å². The van der Waals surface area contributed by atoms with Crippen LogP contribution < -0.4 is 10.2 Å². The van der Waals surface area contributed by atoms with E-state index in [0.717, 1.165) is 31.7 Å². The molecule has 2 aromatic heterocycles. The molecule has 0 unspecified atom stereocenters. The Balaban J connectivity index is 1.64. The maximum atomic E-state index is 6.09. The van der Waals surface area contributed by atoms with Gasteiger partial charge in [0.25, 0.3) is 5.95 Å². The molecule has 6 nitrogen and oxygen atoms in total. The van der Waals surface area contributed by atoms with Gasteiger partial charge in [0.2, 0.25) is 5.89 Å². The maximum Gasteiger partial charge on any atom is 0.266 e. The number of nitrogens with zero attached hydrogens (tertiary/aromatic N) is 4. The molecule has 2 aromatic rings. The second-order valence-electron chi connectivity index (χ2n) is 4.81. The SMILES string of the molecule is Clc1cncc(Cl)c1CCc1nc(N2CCNCC2)no1. The van der Waals surface area contributed by atoms with E-state index < -0.39 is 0 Å². The molecule has 0 aliphatic carbocycles.